The van der Waals surface area contributed by atoms with Crippen LogP contribution in [0.5, 0.6) is 0 Å². The van der Waals surface area contributed by atoms with Gasteiger partial charge >= 0.3 is 0 Å². The van der Waals surface area contributed by atoms with Crippen molar-refractivity contribution in [2.75, 3.05) is 6.61 Å². The van der Waals surface area contributed by atoms with Gasteiger partial charge in [-0.2, -0.15) is 0 Å². The van der Waals surface area contributed by atoms with E-state index in [2.05, 4.69) is 13.8 Å². The fourth-order valence-corrected chi connectivity index (χ4v) is 2.20. The minimum atomic E-state index is 0.564. The molecule has 1 aliphatic carbocycles. The molecule has 0 aromatic rings. The van der Waals surface area contributed by atoms with Crippen molar-refractivity contribution < 1.29 is 9.53 Å². The first-order chi connectivity index (χ1) is 6.24. The van der Waals surface area contributed by atoms with Gasteiger partial charge < -0.3 is 4.74 Å². The Morgan fingerprint density at radius 2 is 1.92 bits per heavy atom. The smallest absolute Gasteiger partial charge is 0.293 e. The summed E-state index contributed by atoms with van der Waals surface area (Å²) in [6, 6.07) is 0. The molecule has 0 aliphatic heterocycles. The Hall–Kier alpha value is -0.530. The molecule has 0 atom stereocenters. The van der Waals surface area contributed by atoms with Gasteiger partial charge in [0.1, 0.15) is 0 Å². The molecule has 0 saturated heterocycles. The van der Waals surface area contributed by atoms with Crippen LogP contribution in [-0.2, 0) is 9.53 Å². The molecular formula is C11H20O2. The lowest BCUT2D eigenvalue weighted by atomic mass is 9.77. The van der Waals surface area contributed by atoms with Crippen molar-refractivity contribution in [2.24, 2.45) is 17.8 Å². The highest BCUT2D eigenvalue weighted by Crippen LogP contribution is 2.33. The van der Waals surface area contributed by atoms with Gasteiger partial charge in [-0.3, -0.25) is 4.79 Å². The van der Waals surface area contributed by atoms with Crippen molar-refractivity contribution in [2.45, 2.75) is 39.5 Å². The molecule has 0 aromatic carbocycles. The van der Waals surface area contributed by atoms with Crippen molar-refractivity contribution in [1.29, 1.82) is 0 Å². The standard InChI is InChI=1S/C11H20O2/c1-9(2)11-5-3-10(4-6-11)7-13-8-12/h8-11H,3-7H2,1-2H3. The Kier molecular flexibility index (Phi) is 4.26. The summed E-state index contributed by atoms with van der Waals surface area (Å²) in [4.78, 5) is 10.00. The van der Waals surface area contributed by atoms with Crippen molar-refractivity contribution in [1.82, 2.24) is 0 Å². The van der Waals surface area contributed by atoms with Crippen LogP contribution in [-0.4, -0.2) is 13.1 Å². The summed E-state index contributed by atoms with van der Waals surface area (Å²) in [7, 11) is 0. The van der Waals surface area contributed by atoms with E-state index in [0.717, 1.165) is 11.8 Å². The van der Waals surface area contributed by atoms with Gasteiger partial charge in [0, 0.05) is 0 Å². The molecule has 0 amide bonds. The van der Waals surface area contributed by atoms with E-state index in [1.807, 2.05) is 0 Å². The molecule has 1 rings (SSSR count). The third-order valence-corrected chi connectivity index (χ3v) is 3.23. The molecule has 76 valence electrons. The lowest BCUT2D eigenvalue weighted by Gasteiger charge is -2.30. The summed E-state index contributed by atoms with van der Waals surface area (Å²) in [5.74, 6) is 2.33. The molecule has 2 heteroatoms. The van der Waals surface area contributed by atoms with Gasteiger partial charge in [0.15, 0.2) is 0 Å². The third-order valence-electron chi connectivity index (χ3n) is 3.23. The van der Waals surface area contributed by atoms with Gasteiger partial charge in [-0.1, -0.05) is 13.8 Å². The fraction of sp³-hybridized carbons (Fsp3) is 0.909. The topological polar surface area (TPSA) is 26.3 Å². The summed E-state index contributed by atoms with van der Waals surface area (Å²) in [6.07, 6.45) is 5.09. The molecule has 0 unspecified atom stereocenters. The number of carbonyl (C=O) groups excluding carboxylic acids is 1. The van der Waals surface area contributed by atoms with Crippen molar-refractivity contribution in [3.8, 4) is 0 Å². The average Bonchev–Trinajstić information content (AvgIpc) is 2.15. The number of hydrogen-bond donors (Lipinski definition) is 0. The zero-order valence-corrected chi connectivity index (χ0v) is 8.66. The minimum absolute atomic E-state index is 0.564. The molecule has 0 spiro atoms. The van der Waals surface area contributed by atoms with E-state index < -0.39 is 0 Å². The lowest BCUT2D eigenvalue weighted by Crippen LogP contribution is -2.21. The van der Waals surface area contributed by atoms with Crippen molar-refractivity contribution >= 4 is 6.47 Å². The van der Waals surface area contributed by atoms with Crippen LogP contribution in [0.1, 0.15) is 39.5 Å². The summed E-state index contributed by atoms with van der Waals surface area (Å²) in [6.45, 7) is 5.79. The molecule has 0 bridgehead atoms. The number of ether oxygens (including phenoxy) is 1. The molecule has 1 saturated carbocycles. The molecule has 1 fully saturated rings. The second-order valence-corrected chi connectivity index (χ2v) is 4.45. The van der Waals surface area contributed by atoms with Crippen LogP contribution >= 0.6 is 0 Å². The summed E-state index contributed by atoms with van der Waals surface area (Å²) >= 11 is 0. The fourth-order valence-electron chi connectivity index (χ4n) is 2.20. The van der Waals surface area contributed by atoms with Gasteiger partial charge in [0.25, 0.3) is 6.47 Å². The lowest BCUT2D eigenvalue weighted by molar-refractivity contribution is -0.130. The van der Waals surface area contributed by atoms with Gasteiger partial charge in [0.2, 0.25) is 0 Å². The van der Waals surface area contributed by atoms with Crippen molar-refractivity contribution in [3.63, 3.8) is 0 Å². The quantitative estimate of drug-likeness (QED) is 0.628. The Morgan fingerprint density at radius 3 is 2.38 bits per heavy atom. The molecule has 0 aromatic heterocycles. The second-order valence-electron chi connectivity index (χ2n) is 4.45. The number of hydrogen-bond acceptors (Lipinski definition) is 2. The van der Waals surface area contributed by atoms with Crippen LogP contribution in [0.4, 0.5) is 0 Å². The first-order valence-corrected chi connectivity index (χ1v) is 5.29. The van der Waals surface area contributed by atoms with Crippen molar-refractivity contribution in [3.05, 3.63) is 0 Å². The number of carbonyl (C=O) groups is 1. The van der Waals surface area contributed by atoms with Crippen LogP contribution in [0, 0.1) is 17.8 Å². The normalized spacial score (nSPS) is 28.8. The highest BCUT2D eigenvalue weighted by molar-refractivity contribution is 5.36. The van der Waals surface area contributed by atoms with Crippen LogP contribution < -0.4 is 0 Å². The molecule has 13 heavy (non-hydrogen) atoms. The summed E-state index contributed by atoms with van der Waals surface area (Å²) in [5.41, 5.74) is 0. The second kappa shape index (κ2) is 5.25. The van der Waals surface area contributed by atoms with E-state index in [1.165, 1.54) is 25.7 Å². The van der Waals surface area contributed by atoms with E-state index in [4.69, 9.17) is 4.74 Å². The maximum atomic E-state index is 10.00. The first-order valence-electron chi connectivity index (χ1n) is 5.29. The molecule has 0 N–H and O–H groups in total. The SMILES string of the molecule is CC(C)C1CCC(COC=O)CC1. The zero-order chi connectivity index (χ0) is 9.68. The van der Waals surface area contributed by atoms with Crippen LogP contribution in [0.15, 0.2) is 0 Å². The first kappa shape index (κ1) is 10.6. The molecule has 0 radical (unpaired) electrons. The monoisotopic (exact) mass is 184 g/mol. The van der Waals surface area contributed by atoms with E-state index in [9.17, 15) is 4.79 Å². The largest absolute Gasteiger partial charge is 0.468 e. The van der Waals surface area contributed by atoms with E-state index in [0.29, 0.717) is 19.0 Å². The Bertz CT molecular complexity index is 146. The minimum Gasteiger partial charge on any atom is -0.468 e. The summed E-state index contributed by atoms with van der Waals surface area (Å²) < 4.78 is 4.79. The molecule has 2 nitrogen and oxygen atoms in total. The molecular weight excluding hydrogens is 164 g/mol. The third kappa shape index (κ3) is 3.37. The Balaban J connectivity index is 2.18. The Labute approximate surface area is 80.7 Å². The zero-order valence-electron chi connectivity index (χ0n) is 8.66. The van der Waals surface area contributed by atoms with Gasteiger partial charge in [0.05, 0.1) is 6.61 Å². The van der Waals surface area contributed by atoms with Crippen LogP contribution in [0.25, 0.3) is 0 Å². The van der Waals surface area contributed by atoms with E-state index in [1.54, 1.807) is 0 Å². The highest BCUT2D eigenvalue weighted by Gasteiger charge is 2.23. The van der Waals surface area contributed by atoms with E-state index >= 15 is 0 Å². The van der Waals surface area contributed by atoms with Gasteiger partial charge in [-0.15, -0.1) is 0 Å². The van der Waals surface area contributed by atoms with Gasteiger partial charge in [-0.25, -0.2) is 0 Å². The summed E-state index contributed by atoms with van der Waals surface area (Å²) in [5, 5.41) is 0. The molecule has 1 aliphatic rings. The predicted molar refractivity (Wildman–Crippen MR) is 52.3 cm³/mol. The predicted octanol–water partition coefficient (Wildman–Crippen LogP) is 2.62. The van der Waals surface area contributed by atoms with Crippen LogP contribution in [0.2, 0.25) is 0 Å². The number of rotatable bonds is 4. The van der Waals surface area contributed by atoms with Crippen LogP contribution in [0.3, 0.4) is 0 Å². The highest BCUT2D eigenvalue weighted by atomic mass is 16.5. The maximum absolute atomic E-state index is 10.00. The molecule has 0 heterocycles. The van der Waals surface area contributed by atoms with E-state index in [-0.39, 0.29) is 0 Å². The average molecular weight is 184 g/mol. The van der Waals surface area contributed by atoms with Gasteiger partial charge in [-0.05, 0) is 43.4 Å². The maximum Gasteiger partial charge on any atom is 0.293 e. The Morgan fingerprint density at radius 1 is 1.31 bits per heavy atom.